The van der Waals surface area contributed by atoms with Crippen molar-refractivity contribution in [1.29, 1.82) is 0 Å². The van der Waals surface area contributed by atoms with E-state index in [0.29, 0.717) is 6.04 Å². The molecule has 0 amide bonds. The Labute approximate surface area is 105 Å². The zero-order valence-electron chi connectivity index (χ0n) is 9.75. The first-order chi connectivity index (χ1) is 8.36. The summed E-state index contributed by atoms with van der Waals surface area (Å²) in [5, 5.41) is 2.10. The normalized spacial score (nSPS) is 25.0. The molecule has 2 N–H and O–H groups in total. The molecule has 1 fully saturated rings. The summed E-state index contributed by atoms with van der Waals surface area (Å²) in [6, 6.07) is 4.92. The molecule has 17 heavy (non-hydrogen) atoms. The molecule has 0 aliphatic heterocycles. The molecule has 2 heterocycles. The second-order valence-corrected chi connectivity index (χ2v) is 5.63. The van der Waals surface area contributed by atoms with Gasteiger partial charge in [0.15, 0.2) is 0 Å². The van der Waals surface area contributed by atoms with Gasteiger partial charge in [0.1, 0.15) is 0 Å². The van der Waals surface area contributed by atoms with Crippen molar-refractivity contribution < 1.29 is 0 Å². The Morgan fingerprint density at radius 1 is 1.35 bits per heavy atom. The third-order valence-corrected chi connectivity index (χ3v) is 4.47. The van der Waals surface area contributed by atoms with E-state index in [2.05, 4.69) is 27.1 Å². The van der Waals surface area contributed by atoms with Crippen LogP contribution in [0, 0.1) is 0 Å². The Morgan fingerprint density at radius 3 is 3.00 bits per heavy atom. The highest BCUT2D eigenvalue weighted by molar-refractivity contribution is 7.13. The second kappa shape index (κ2) is 4.63. The smallest absolute Gasteiger partial charge is 0.0954 e. The number of nitrogens with two attached hydrogens (primary N) is 1. The van der Waals surface area contributed by atoms with Gasteiger partial charge in [-0.05, 0) is 24.3 Å². The van der Waals surface area contributed by atoms with E-state index >= 15 is 0 Å². The summed E-state index contributed by atoms with van der Waals surface area (Å²) in [5.74, 6) is 0. The molecular weight excluding hydrogens is 230 g/mol. The molecule has 0 radical (unpaired) electrons. The number of hydrogen-bond acceptors (Lipinski definition) is 3. The molecule has 3 rings (SSSR count). The van der Waals surface area contributed by atoms with E-state index in [-0.39, 0.29) is 6.04 Å². The molecule has 0 unspecified atom stereocenters. The van der Waals surface area contributed by atoms with Gasteiger partial charge in [-0.2, -0.15) is 0 Å². The number of hydrogen-bond donors (Lipinski definition) is 1. The Hall–Kier alpha value is -1.13. The third-order valence-electron chi connectivity index (χ3n) is 3.58. The summed E-state index contributed by atoms with van der Waals surface area (Å²) in [4.78, 5) is 5.58. The van der Waals surface area contributed by atoms with Crippen molar-refractivity contribution in [1.82, 2.24) is 9.55 Å². The highest BCUT2D eigenvalue weighted by atomic mass is 32.1. The zero-order chi connectivity index (χ0) is 11.7. The van der Waals surface area contributed by atoms with Gasteiger partial charge in [0.25, 0.3) is 0 Å². The van der Waals surface area contributed by atoms with Gasteiger partial charge in [0, 0.05) is 6.04 Å². The molecule has 0 spiro atoms. The lowest BCUT2D eigenvalue weighted by Crippen LogP contribution is -2.34. The number of imidazole rings is 1. The number of thiophene rings is 1. The summed E-state index contributed by atoms with van der Waals surface area (Å²) >= 11 is 1.76. The lowest BCUT2D eigenvalue weighted by atomic mass is 9.90. The van der Waals surface area contributed by atoms with Crippen molar-refractivity contribution in [2.75, 3.05) is 0 Å². The summed E-state index contributed by atoms with van der Waals surface area (Å²) in [6.45, 7) is 0. The molecular formula is C13H17N3S. The zero-order valence-corrected chi connectivity index (χ0v) is 10.6. The van der Waals surface area contributed by atoms with Crippen molar-refractivity contribution in [2.24, 2.45) is 5.73 Å². The van der Waals surface area contributed by atoms with Crippen molar-refractivity contribution in [3.8, 4) is 10.6 Å². The highest BCUT2D eigenvalue weighted by Gasteiger charge is 2.25. The lowest BCUT2D eigenvalue weighted by molar-refractivity contribution is 0.308. The van der Waals surface area contributed by atoms with Crippen LogP contribution in [0.2, 0.25) is 0 Å². The fraction of sp³-hybridized carbons (Fsp3) is 0.462. The average molecular weight is 247 g/mol. The first-order valence-electron chi connectivity index (χ1n) is 6.17. The third kappa shape index (κ3) is 2.03. The maximum atomic E-state index is 6.25. The summed E-state index contributed by atoms with van der Waals surface area (Å²) in [7, 11) is 0. The predicted molar refractivity (Wildman–Crippen MR) is 71.0 cm³/mol. The minimum absolute atomic E-state index is 0.275. The topological polar surface area (TPSA) is 43.8 Å². The number of rotatable bonds is 2. The van der Waals surface area contributed by atoms with Gasteiger partial charge < -0.3 is 10.3 Å². The van der Waals surface area contributed by atoms with Crippen LogP contribution in [-0.2, 0) is 0 Å². The van der Waals surface area contributed by atoms with Gasteiger partial charge >= 0.3 is 0 Å². The fourth-order valence-corrected chi connectivity index (χ4v) is 3.41. The van der Waals surface area contributed by atoms with E-state index in [4.69, 9.17) is 5.73 Å². The van der Waals surface area contributed by atoms with Crippen molar-refractivity contribution in [2.45, 2.75) is 37.8 Å². The van der Waals surface area contributed by atoms with E-state index in [0.717, 1.165) is 6.42 Å². The summed E-state index contributed by atoms with van der Waals surface area (Å²) < 4.78 is 2.27. The largest absolute Gasteiger partial charge is 0.326 e. The quantitative estimate of drug-likeness (QED) is 0.886. The molecule has 4 heteroatoms. The molecule has 2 aromatic heterocycles. The highest BCUT2D eigenvalue weighted by Crippen LogP contribution is 2.33. The van der Waals surface area contributed by atoms with E-state index in [9.17, 15) is 0 Å². The fourth-order valence-electron chi connectivity index (χ4n) is 2.67. The molecule has 1 saturated carbocycles. The molecule has 1 aliphatic rings. The molecule has 90 valence electrons. The Bertz CT molecular complexity index is 475. The van der Waals surface area contributed by atoms with Crippen molar-refractivity contribution in [3.05, 3.63) is 30.0 Å². The molecule has 3 nitrogen and oxygen atoms in total. The van der Waals surface area contributed by atoms with Crippen LogP contribution in [0.1, 0.15) is 31.7 Å². The van der Waals surface area contributed by atoms with Crippen LogP contribution in [0.15, 0.2) is 30.0 Å². The van der Waals surface area contributed by atoms with Gasteiger partial charge in [-0.1, -0.05) is 18.9 Å². The molecule has 1 aliphatic carbocycles. The van der Waals surface area contributed by atoms with Crippen molar-refractivity contribution >= 4 is 11.3 Å². The first kappa shape index (κ1) is 11.0. The maximum Gasteiger partial charge on any atom is 0.0954 e. The lowest BCUT2D eigenvalue weighted by Gasteiger charge is -2.30. The second-order valence-electron chi connectivity index (χ2n) is 4.68. The molecule has 0 saturated heterocycles. The maximum absolute atomic E-state index is 6.25. The SMILES string of the molecule is N[C@@H]1CCCC[C@H]1n1cncc1-c1cccs1. The van der Waals surface area contributed by atoms with Crippen LogP contribution in [0.5, 0.6) is 0 Å². The van der Waals surface area contributed by atoms with Crippen LogP contribution in [0.4, 0.5) is 0 Å². The van der Waals surface area contributed by atoms with Crippen molar-refractivity contribution in [3.63, 3.8) is 0 Å². The monoisotopic (exact) mass is 247 g/mol. The minimum Gasteiger partial charge on any atom is -0.326 e. The Balaban J connectivity index is 1.95. The molecule has 2 atom stereocenters. The number of aromatic nitrogens is 2. The van der Waals surface area contributed by atoms with Crippen LogP contribution in [0.25, 0.3) is 10.6 Å². The van der Waals surface area contributed by atoms with Crippen LogP contribution in [0.3, 0.4) is 0 Å². The standard InChI is InChI=1S/C13H17N3S/c14-10-4-1-2-5-11(10)16-9-15-8-12(16)13-6-3-7-17-13/h3,6-11H,1-2,4-5,14H2/t10-,11-/m1/s1. The van der Waals surface area contributed by atoms with E-state index < -0.39 is 0 Å². The first-order valence-corrected chi connectivity index (χ1v) is 7.05. The minimum atomic E-state index is 0.275. The molecule has 0 aromatic carbocycles. The Kier molecular flexibility index (Phi) is 2.99. The average Bonchev–Trinajstić information content (AvgIpc) is 3.00. The number of nitrogens with zero attached hydrogens (tertiary/aromatic N) is 2. The van der Waals surface area contributed by atoms with Crippen LogP contribution in [-0.4, -0.2) is 15.6 Å². The summed E-state index contributed by atoms with van der Waals surface area (Å²) in [6.07, 6.45) is 8.74. The van der Waals surface area contributed by atoms with Gasteiger partial charge in [0.05, 0.1) is 29.1 Å². The summed E-state index contributed by atoms with van der Waals surface area (Å²) in [5.41, 5.74) is 7.46. The van der Waals surface area contributed by atoms with Gasteiger partial charge in [0.2, 0.25) is 0 Å². The van der Waals surface area contributed by atoms with Crippen LogP contribution >= 0.6 is 11.3 Å². The molecule has 0 bridgehead atoms. The van der Waals surface area contributed by atoms with Gasteiger partial charge in [-0.15, -0.1) is 11.3 Å². The predicted octanol–water partition coefficient (Wildman–Crippen LogP) is 3.05. The van der Waals surface area contributed by atoms with Gasteiger partial charge in [-0.3, -0.25) is 0 Å². The van der Waals surface area contributed by atoms with E-state index in [1.165, 1.54) is 29.8 Å². The molecule has 2 aromatic rings. The van der Waals surface area contributed by atoms with E-state index in [1.807, 2.05) is 12.5 Å². The van der Waals surface area contributed by atoms with Crippen LogP contribution < -0.4 is 5.73 Å². The van der Waals surface area contributed by atoms with E-state index in [1.54, 1.807) is 11.3 Å². The van der Waals surface area contributed by atoms with Gasteiger partial charge in [-0.25, -0.2) is 4.98 Å². The Morgan fingerprint density at radius 2 is 2.24 bits per heavy atom.